The summed E-state index contributed by atoms with van der Waals surface area (Å²) in [7, 11) is 1.69. The number of hydrogen-bond acceptors (Lipinski definition) is 6. The summed E-state index contributed by atoms with van der Waals surface area (Å²) in [5, 5.41) is 14.2. The van der Waals surface area contributed by atoms with Crippen molar-refractivity contribution >= 4 is 5.91 Å². The molecule has 0 bridgehead atoms. The van der Waals surface area contributed by atoms with Crippen molar-refractivity contribution < 1.29 is 14.3 Å². The number of fused-ring (bicyclic) bond motifs is 1. The SMILES string of the molecule is COC[C@@H]1[C@H](NC(=O)Cc2ccc(-n3cnnn3)cc2)[C@@H]2CCO[C@H]12. The Bertz CT molecular complexity index is 718. The topological polar surface area (TPSA) is 91.2 Å². The van der Waals surface area contributed by atoms with E-state index in [1.807, 2.05) is 24.3 Å². The Kier molecular flexibility index (Phi) is 4.46. The van der Waals surface area contributed by atoms with E-state index in [9.17, 15) is 4.79 Å². The van der Waals surface area contributed by atoms with Crippen LogP contribution in [0.2, 0.25) is 0 Å². The van der Waals surface area contributed by atoms with Crippen LogP contribution in [0.15, 0.2) is 30.6 Å². The highest BCUT2D eigenvalue weighted by Gasteiger charge is 2.54. The third-order valence-corrected chi connectivity index (χ3v) is 5.13. The van der Waals surface area contributed by atoms with Gasteiger partial charge in [-0.15, -0.1) is 5.10 Å². The van der Waals surface area contributed by atoms with Crippen LogP contribution in [0.3, 0.4) is 0 Å². The number of ether oxygens (including phenoxy) is 2. The van der Waals surface area contributed by atoms with Crippen molar-refractivity contribution in [2.24, 2.45) is 11.8 Å². The predicted octanol–water partition coefficient (Wildman–Crippen LogP) is 0.371. The molecule has 1 aromatic carbocycles. The van der Waals surface area contributed by atoms with E-state index in [-0.39, 0.29) is 24.0 Å². The van der Waals surface area contributed by atoms with Crippen molar-refractivity contribution in [3.63, 3.8) is 0 Å². The zero-order valence-corrected chi connectivity index (χ0v) is 14.0. The van der Waals surface area contributed by atoms with Gasteiger partial charge in [0.1, 0.15) is 6.33 Å². The summed E-state index contributed by atoms with van der Waals surface area (Å²) in [6, 6.07) is 7.80. The number of amides is 1. The molecule has 1 N–H and O–H groups in total. The van der Waals surface area contributed by atoms with Gasteiger partial charge in [0.05, 0.1) is 24.8 Å². The van der Waals surface area contributed by atoms with E-state index in [2.05, 4.69) is 20.8 Å². The standard InChI is InChI=1S/C17H21N5O3/c1-24-9-14-16(13-6-7-25-17(13)14)19-15(23)8-11-2-4-12(5-3-11)22-10-18-20-21-22/h2-5,10,13-14,16-17H,6-9H2,1H3,(H,19,23)/t13-,14+,16+,17-/m0/s1. The van der Waals surface area contributed by atoms with Crippen LogP contribution >= 0.6 is 0 Å². The maximum absolute atomic E-state index is 12.4. The predicted molar refractivity (Wildman–Crippen MR) is 88.0 cm³/mol. The number of hydrogen-bond donors (Lipinski definition) is 1. The Hall–Kier alpha value is -2.32. The van der Waals surface area contributed by atoms with Crippen LogP contribution in [0.1, 0.15) is 12.0 Å². The minimum Gasteiger partial charge on any atom is -0.384 e. The molecule has 2 aromatic rings. The minimum atomic E-state index is 0.0339. The molecule has 8 nitrogen and oxygen atoms in total. The van der Waals surface area contributed by atoms with E-state index in [0.717, 1.165) is 24.3 Å². The lowest BCUT2D eigenvalue weighted by Crippen LogP contribution is -2.62. The molecule has 132 valence electrons. The number of carbonyl (C=O) groups is 1. The van der Waals surface area contributed by atoms with Crippen LogP contribution in [0.4, 0.5) is 0 Å². The molecular weight excluding hydrogens is 322 g/mol. The fourth-order valence-corrected chi connectivity index (χ4v) is 3.90. The van der Waals surface area contributed by atoms with Crippen LogP contribution in [0.5, 0.6) is 0 Å². The van der Waals surface area contributed by atoms with E-state index < -0.39 is 0 Å². The van der Waals surface area contributed by atoms with Crippen LogP contribution < -0.4 is 5.32 Å². The monoisotopic (exact) mass is 343 g/mol. The summed E-state index contributed by atoms with van der Waals surface area (Å²) in [6.45, 7) is 1.40. The lowest BCUT2D eigenvalue weighted by atomic mass is 9.67. The first kappa shape index (κ1) is 16.2. The summed E-state index contributed by atoms with van der Waals surface area (Å²) in [5.41, 5.74) is 1.82. The maximum Gasteiger partial charge on any atom is 0.224 e. The molecule has 2 heterocycles. The summed E-state index contributed by atoms with van der Waals surface area (Å²) in [6.07, 6.45) is 3.13. The number of benzene rings is 1. The second kappa shape index (κ2) is 6.89. The lowest BCUT2D eigenvalue weighted by Gasteiger charge is -2.47. The Balaban J connectivity index is 1.35. The molecule has 25 heavy (non-hydrogen) atoms. The van der Waals surface area contributed by atoms with Gasteiger partial charge < -0.3 is 14.8 Å². The molecule has 4 atom stereocenters. The lowest BCUT2D eigenvalue weighted by molar-refractivity contribution is -0.129. The first-order chi connectivity index (χ1) is 12.3. The number of rotatable bonds is 6. The zero-order valence-electron chi connectivity index (χ0n) is 14.0. The van der Waals surface area contributed by atoms with Crippen molar-refractivity contribution in [2.75, 3.05) is 20.3 Å². The molecule has 1 saturated carbocycles. The van der Waals surface area contributed by atoms with Crippen LogP contribution in [0, 0.1) is 11.8 Å². The van der Waals surface area contributed by atoms with E-state index in [1.54, 1.807) is 11.8 Å². The van der Waals surface area contributed by atoms with E-state index in [4.69, 9.17) is 9.47 Å². The number of aromatic nitrogens is 4. The molecule has 0 radical (unpaired) electrons. The molecule has 1 aromatic heterocycles. The van der Waals surface area contributed by atoms with Gasteiger partial charge in [-0.05, 0) is 34.5 Å². The highest BCUT2D eigenvalue weighted by molar-refractivity contribution is 5.79. The first-order valence-corrected chi connectivity index (χ1v) is 8.48. The molecule has 0 unspecified atom stereocenters. The van der Waals surface area contributed by atoms with Gasteiger partial charge in [-0.25, -0.2) is 4.68 Å². The number of nitrogens with one attached hydrogen (secondary N) is 1. The van der Waals surface area contributed by atoms with Gasteiger partial charge in [0.25, 0.3) is 0 Å². The summed E-state index contributed by atoms with van der Waals surface area (Å²) >= 11 is 0. The Morgan fingerprint density at radius 2 is 2.24 bits per heavy atom. The average molecular weight is 343 g/mol. The second-order valence-electron chi connectivity index (χ2n) is 6.60. The molecule has 0 spiro atoms. The van der Waals surface area contributed by atoms with Crippen LogP contribution in [-0.2, 0) is 20.7 Å². The normalized spacial score (nSPS) is 27.6. The molecule has 4 rings (SSSR count). The van der Waals surface area contributed by atoms with Crippen LogP contribution in [0.25, 0.3) is 5.69 Å². The van der Waals surface area contributed by atoms with Gasteiger partial charge in [-0.2, -0.15) is 0 Å². The largest absolute Gasteiger partial charge is 0.384 e. The number of tetrazole rings is 1. The molecule has 2 fully saturated rings. The maximum atomic E-state index is 12.4. The molecule has 1 aliphatic heterocycles. The van der Waals surface area contributed by atoms with Crippen molar-refractivity contribution in [3.8, 4) is 5.69 Å². The number of carbonyl (C=O) groups excluding carboxylic acids is 1. The smallest absolute Gasteiger partial charge is 0.224 e. The highest BCUT2D eigenvalue weighted by atomic mass is 16.5. The Labute approximate surface area is 145 Å². The fourth-order valence-electron chi connectivity index (χ4n) is 3.90. The Morgan fingerprint density at radius 1 is 1.40 bits per heavy atom. The van der Waals surface area contributed by atoms with Crippen molar-refractivity contribution in [3.05, 3.63) is 36.2 Å². The average Bonchev–Trinajstić information content (AvgIpc) is 3.29. The van der Waals surface area contributed by atoms with E-state index >= 15 is 0 Å². The molecule has 1 amide bonds. The van der Waals surface area contributed by atoms with Gasteiger partial charge in [0.15, 0.2) is 0 Å². The van der Waals surface area contributed by atoms with Gasteiger partial charge in [-0.1, -0.05) is 12.1 Å². The first-order valence-electron chi connectivity index (χ1n) is 8.48. The fraction of sp³-hybridized carbons (Fsp3) is 0.529. The van der Waals surface area contributed by atoms with Gasteiger partial charge in [-0.3, -0.25) is 4.79 Å². The molecule has 1 aliphatic carbocycles. The Morgan fingerprint density at radius 3 is 2.96 bits per heavy atom. The highest BCUT2D eigenvalue weighted by Crippen LogP contribution is 2.43. The van der Waals surface area contributed by atoms with Crippen molar-refractivity contribution in [2.45, 2.75) is 25.0 Å². The quantitative estimate of drug-likeness (QED) is 0.815. The van der Waals surface area contributed by atoms with E-state index in [0.29, 0.717) is 18.9 Å². The molecule has 8 heteroatoms. The number of nitrogens with zero attached hydrogens (tertiary/aromatic N) is 4. The molecule has 1 saturated heterocycles. The molecular formula is C17H21N5O3. The second-order valence-corrected chi connectivity index (χ2v) is 6.60. The summed E-state index contributed by atoms with van der Waals surface area (Å²) in [4.78, 5) is 12.4. The summed E-state index contributed by atoms with van der Waals surface area (Å²) < 4.78 is 12.6. The van der Waals surface area contributed by atoms with Gasteiger partial charge in [0.2, 0.25) is 5.91 Å². The van der Waals surface area contributed by atoms with Crippen LogP contribution in [-0.4, -0.2) is 58.6 Å². The van der Waals surface area contributed by atoms with Crippen molar-refractivity contribution in [1.82, 2.24) is 25.5 Å². The zero-order chi connectivity index (χ0) is 17.2. The number of methoxy groups -OCH3 is 1. The third kappa shape index (κ3) is 3.14. The van der Waals surface area contributed by atoms with Gasteiger partial charge >= 0.3 is 0 Å². The van der Waals surface area contributed by atoms with Gasteiger partial charge in [0, 0.05) is 31.6 Å². The minimum absolute atomic E-state index is 0.0339. The van der Waals surface area contributed by atoms with E-state index in [1.165, 1.54) is 6.33 Å². The third-order valence-electron chi connectivity index (χ3n) is 5.13. The molecule has 2 aliphatic rings. The summed E-state index contributed by atoms with van der Waals surface area (Å²) in [5.74, 6) is 0.710. The van der Waals surface area contributed by atoms with Crippen molar-refractivity contribution in [1.29, 1.82) is 0 Å².